The number of carbonyl (C=O) groups is 2. The maximum absolute atomic E-state index is 13.0. The Labute approximate surface area is 154 Å². The van der Waals surface area contributed by atoms with E-state index in [0.717, 1.165) is 12.0 Å². The Kier molecular flexibility index (Phi) is 5.99. The van der Waals surface area contributed by atoms with Crippen molar-refractivity contribution in [1.82, 2.24) is 9.80 Å². The fourth-order valence-electron chi connectivity index (χ4n) is 3.13. The first-order valence-corrected chi connectivity index (χ1v) is 8.95. The van der Waals surface area contributed by atoms with Crippen molar-refractivity contribution in [2.24, 2.45) is 5.41 Å². The minimum Gasteiger partial charge on any atom is -0.496 e. The van der Waals surface area contributed by atoms with E-state index in [1.54, 1.807) is 24.1 Å². The first-order valence-electron chi connectivity index (χ1n) is 8.58. The number of ether oxygens (including phenoxy) is 1. The highest BCUT2D eigenvalue weighted by Crippen LogP contribution is 2.29. The Bertz CT molecular complexity index is 667. The topological polar surface area (TPSA) is 49.9 Å². The van der Waals surface area contributed by atoms with Gasteiger partial charge in [-0.15, -0.1) is 0 Å². The molecule has 0 bridgehead atoms. The summed E-state index contributed by atoms with van der Waals surface area (Å²) in [5.74, 6) is 0.576. The van der Waals surface area contributed by atoms with E-state index in [9.17, 15) is 9.59 Å². The molecular formula is C19H27ClN2O3. The van der Waals surface area contributed by atoms with Gasteiger partial charge in [-0.2, -0.15) is 0 Å². The van der Waals surface area contributed by atoms with Gasteiger partial charge in [0.2, 0.25) is 5.91 Å². The van der Waals surface area contributed by atoms with Crippen LogP contribution in [-0.4, -0.2) is 54.9 Å². The molecule has 1 fully saturated rings. The lowest BCUT2D eigenvalue weighted by atomic mass is 9.94. The van der Waals surface area contributed by atoms with E-state index in [4.69, 9.17) is 16.3 Å². The summed E-state index contributed by atoms with van der Waals surface area (Å²) in [7, 11) is 1.55. The van der Waals surface area contributed by atoms with Crippen LogP contribution in [0.1, 0.15) is 43.1 Å². The van der Waals surface area contributed by atoms with Gasteiger partial charge in [0.05, 0.1) is 12.7 Å². The number of methoxy groups -OCH3 is 1. The fourth-order valence-corrected chi connectivity index (χ4v) is 3.40. The molecule has 0 aliphatic carbocycles. The van der Waals surface area contributed by atoms with Crippen LogP contribution in [0, 0.1) is 12.3 Å². The lowest BCUT2D eigenvalue weighted by Gasteiger charge is -2.28. The molecule has 6 heteroatoms. The number of halogens is 1. The smallest absolute Gasteiger partial charge is 0.257 e. The molecule has 0 N–H and O–H groups in total. The van der Waals surface area contributed by atoms with Crippen molar-refractivity contribution < 1.29 is 14.3 Å². The van der Waals surface area contributed by atoms with E-state index in [1.165, 1.54) is 0 Å². The summed E-state index contributed by atoms with van der Waals surface area (Å²) in [6, 6.07) is 3.43. The van der Waals surface area contributed by atoms with Crippen LogP contribution in [0.2, 0.25) is 5.02 Å². The van der Waals surface area contributed by atoms with Crippen molar-refractivity contribution in [3.63, 3.8) is 0 Å². The predicted octanol–water partition coefficient (Wildman–Crippen LogP) is 3.38. The van der Waals surface area contributed by atoms with E-state index in [-0.39, 0.29) is 11.8 Å². The average molecular weight is 367 g/mol. The summed E-state index contributed by atoms with van der Waals surface area (Å²) in [6.07, 6.45) is 0.759. The minimum atomic E-state index is -0.410. The summed E-state index contributed by atoms with van der Waals surface area (Å²) < 4.78 is 5.41. The number of aryl methyl sites for hydroxylation is 1. The van der Waals surface area contributed by atoms with Crippen LogP contribution < -0.4 is 4.74 Å². The summed E-state index contributed by atoms with van der Waals surface area (Å²) >= 11 is 6.13. The molecule has 1 aliphatic rings. The molecule has 0 spiro atoms. The molecule has 0 radical (unpaired) electrons. The zero-order chi connectivity index (χ0) is 18.8. The first kappa shape index (κ1) is 19.6. The molecule has 1 saturated heterocycles. The summed E-state index contributed by atoms with van der Waals surface area (Å²) in [4.78, 5) is 29.1. The second-order valence-corrected chi connectivity index (χ2v) is 7.93. The molecule has 1 aromatic rings. The second kappa shape index (κ2) is 7.65. The van der Waals surface area contributed by atoms with E-state index in [1.807, 2.05) is 32.6 Å². The van der Waals surface area contributed by atoms with Gasteiger partial charge in [0.15, 0.2) is 0 Å². The molecule has 0 aromatic heterocycles. The molecule has 1 heterocycles. The number of hydrogen-bond donors (Lipinski definition) is 0. The van der Waals surface area contributed by atoms with Gasteiger partial charge < -0.3 is 14.5 Å². The van der Waals surface area contributed by atoms with Crippen molar-refractivity contribution in [2.75, 3.05) is 33.3 Å². The van der Waals surface area contributed by atoms with Crippen molar-refractivity contribution in [3.8, 4) is 5.75 Å². The van der Waals surface area contributed by atoms with Crippen LogP contribution in [0.4, 0.5) is 0 Å². The SMILES string of the molecule is COc1c(C)cc(Cl)cc1C(=O)N1CCCN(C(=O)C(C)(C)C)CC1. The molecule has 1 aliphatic heterocycles. The molecule has 25 heavy (non-hydrogen) atoms. The number of hydrogen-bond acceptors (Lipinski definition) is 3. The number of rotatable bonds is 2. The van der Waals surface area contributed by atoms with Crippen molar-refractivity contribution in [3.05, 3.63) is 28.3 Å². The number of benzene rings is 1. The highest BCUT2D eigenvalue weighted by molar-refractivity contribution is 6.31. The standard InChI is InChI=1S/C19H27ClN2O3/c1-13-11-14(20)12-15(16(13)25-5)17(23)21-7-6-8-22(10-9-21)18(24)19(2,3)4/h11-12H,6-10H2,1-5H3. The number of carbonyl (C=O) groups excluding carboxylic acids is 2. The molecule has 2 rings (SSSR count). The van der Waals surface area contributed by atoms with Crippen molar-refractivity contribution in [2.45, 2.75) is 34.1 Å². The molecule has 0 unspecified atom stereocenters. The zero-order valence-corrected chi connectivity index (χ0v) is 16.4. The summed E-state index contributed by atoms with van der Waals surface area (Å²) in [5, 5.41) is 0.515. The Balaban J connectivity index is 2.18. The molecule has 0 saturated carbocycles. The third-order valence-corrected chi connectivity index (χ3v) is 4.60. The van der Waals surface area contributed by atoms with Gasteiger partial charge in [-0.05, 0) is 31.0 Å². The van der Waals surface area contributed by atoms with Crippen LogP contribution in [-0.2, 0) is 4.79 Å². The highest BCUT2D eigenvalue weighted by Gasteiger charge is 2.30. The Morgan fingerprint density at radius 3 is 2.28 bits per heavy atom. The van der Waals surface area contributed by atoms with Crippen LogP contribution in [0.25, 0.3) is 0 Å². The Hall–Kier alpha value is -1.75. The quantitative estimate of drug-likeness (QED) is 0.806. The van der Waals surface area contributed by atoms with Crippen molar-refractivity contribution >= 4 is 23.4 Å². The maximum atomic E-state index is 13.0. The third-order valence-electron chi connectivity index (χ3n) is 4.39. The normalized spacial score (nSPS) is 15.8. The predicted molar refractivity (Wildman–Crippen MR) is 99.3 cm³/mol. The maximum Gasteiger partial charge on any atom is 0.257 e. The van der Waals surface area contributed by atoms with E-state index in [2.05, 4.69) is 0 Å². The van der Waals surface area contributed by atoms with Crippen LogP contribution in [0.15, 0.2) is 12.1 Å². The largest absolute Gasteiger partial charge is 0.496 e. The monoisotopic (exact) mass is 366 g/mol. The molecule has 138 valence electrons. The third kappa shape index (κ3) is 4.46. The van der Waals surface area contributed by atoms with E-state index in [0.29, 0.717) is 42.5 Å². The lowest BCUT2D eigenvalue weighted by molar-refractivity contribution is -0.139. The summed E-state index contributed by atoms with van der Waals surface area (Å²) in [6.45, 7) is 9.97. The Morgan fingerprint density at radius 2 is 1.68 bits per heavy atom. The van der Waals surface area contributed by atoms with Gasteiger partial charge in [0.25, 0.3) is 5.91 Å². The fraction of sp³-hybridized carbons (Fsp3) is 0.579. The van der Waals surface area contributed by atoms with Crippen LogP contribution in [0.5, 0.6) is 5.75 Å². The van der Waals surface area contributed by atoms with Crippen LogP contribution in [0.3, 0.4) is 0 Å². The molecule has 5 nitrogen and oxygen atoms in total. The molecule has 0 atom stereocenters. The average Bonchev–Trinajstić information content (AvgIpc) is 2.77. The van der Waals surface area contributed by atoms with Gasteiger partial charge in [0, 0.05) is 36.6 Å². The highest BCUT2D eigenvalue weighted by atomic mass is 35.5. The van der Waals surface area contributed by atoms with E-state index < -0.39 is 5.41 Å². The van der Waals surface area contributed by atoms with Gasteiger partial charge >= 0.3 is 0 Å². The van der Waals surface area contributed by atoms with Gasteiger partial charge in [-0.3, -0.25) is 9.59 Å². The minimum absolute atomic E-state index is 0.104. The zero-order valence-electron chi connectivity index (χ0n) is 15.7. The lowest BCUT2D eigenvalue weighted by Crippen LogP contribution is -2.42. The summed E-state index contributed by atoms with van der Waals surface area (Å²) in [5.41, 5.74) is 0.896. The van der Waals surface area contributed by atoms with Gasteiger partial charge in [-0.1, -0.05) is 32.4 Å². The van der Waals surface area contributed by atoms with Gasteiger partial charge in [0.1, 0.15) is 5.75 Å². The van der Waals surface area contributed by atoms with E-state index >= 15 is 0 Å². The molecular weight excluding hydrogens is 340 g/mol. The first-order chi connectivity index (χ1) is 11.6. The van der Waals surface area contributed by atoms with Crippen molar-refractivity contribution in [1.29, 1.82) is 0 Å². The number of amides is 2. The van der Waals surface area contributed by atoms with Crippen LogP contribution >= 0.6 is 11.6 Å². The molecule has 2 amide bonds. The Morgan fingerprint density at radius 1 is 1.08 bits per heavy atom. The van der Waals surface area contributed by atoms with Gasteiger partial charge in [-0.25, -0.2) is 0 Å². The molecule has 1 aromatic carbocycles. The number of nitrogens with zero attached hydrogens (tertiary/aromatic N) is 2. The second-order valence-electron chi connectivity index (χ2n) is 7.49.